The van der Waals surface area contributed by atoms with Crippen molar-refractivity contribution in [1.82, 2.24) is 4.57 Å². The Morgan fingerprint density at radius 2 is 1.88 bits per heavy atom. The third-order valence-corrected chi connectivity index (χ3v) is 3.91. The fraction of sp³-hybridized carbons (Fsp3) is 0.211. The molecule has 0 radical (unpaired) electrons. The van der Waals surface area contributed by atoms with Gasteiger partial charge in [0.15, 0.2) is 22.9 Å². The van der Waals surface area contributed by atoms with Crippen molar-refractivity contribution in [2.24, 2.45) is 0 Å². The summed E-state index contributed by atoms with van der Waals surface area (Å²) in [5, 5.41) is 0. The standard InChI is InChI=1S/C19H17NO6/c1-12(21)13-7-8-16(17(11-13)24-2)25-18(22)9-10-20-14-5-3-4-6-15(14)26-19(20)23/h3-8,11H,9-10H2,1-2H3. The van der Waals surface area contributed by atoms with Crippen LogP contribution < -0.4 is 15.2 Å². The molecule has 3 rings (SSSR count). The number of methoxy groups -OCH3 is 1. The summed E-state index contributed by atoms with van der Waals surface area (Å²) in [6.07, 6.45) is -0.0267. The van der Waals surface area contributed by atoms with Gasteiger partial charge in [0.05, 0.1) is 19.0 Å². The lowest BCUT2D eigenvalue weighted by molar-refractivity contribution is -0.134. The summed E-state index contributed by atoms with van der Waals surface area (Å²) >= 11 is 0. The molecular formula is C19H17NO6. The molecule has 7 nitrogen and oxygen atoms in total. The average Bonchev–Trinajstić information content (AvgIpc) is 2.95. The lowest BCUT2D eigenvalue weighted by atomic mass is 10.1. The van der Waals surface area contributed by atoms with Gasteiger partial charge < -0.3 is 13.9 Å². The van der Waals surface area contributed by atoms with Crippen LogP contribution in [0.2, 0.25) is 0 Å². The molecule has 0 saturated heterocycles. The van der Waals surface area contributed by atoms with Crippen molar-refractivity contribution in [3.05, 3.63) is 58.6 Å². The van der Waals surface area contributed by atoms with Gasteiger partial charge in [-0.1, -0.05) is 12.1 Å². The predicted molar refractivity (Wildman–Crippen MR) is 93.7 cm³/mol. The van der Waals surface area contributed by atoms with Crippen LogP contribution in [0.5, 0.6) is 11.5 Å². The highest BCUT2D eigenvalue weighted by molar-refractivity contribution is 5.94. The Bertz CT molecular complexity index is 1030. The summed E-state index contributed by atoms with van der Waals surface area (Å²) in [4.78, 5) is 35.5. The number of ketones is 1. The van der Waals surface area contributed by atoms with E-state index in [0.29, 0.717) is 16.7 Å². The van der Waals surface area contributed by atoms with Crippen LogP contribution in [0, 0.1) is 0 Å². The zero-order valence-electron chi connectivity index (χ0n) is 14.4. The molecule has 0 aliphatic heterocycles. The number of carbonyl (C=O) groups is 2. The van der Waals surface area contributed by atoms with Crippen LogP contribution in [0.1, 0.15) is 23.7 Å². The molecule has 0 unspecified atom stereocenters. The maximum atomic E-state index is 12.2. The van der Waals surface area contributed by atoms with Crippen molar-refractivity contribution in [1.29, 1.82) is 0 Å². The smallest absolute Gasteiger partial charge is 0.419 e. The molecule has 1 heterocycles. The molecule has 0 spiro atoms. The first-order valence-corrected chi connectivity index (χ1v) is 7.97. The molecule has 0 amide bonds. The fourth-order valence-corrected chi connectivity index (χ4v) is 2.57. The first kappa shape index (κ1) is 17.5. The Balaban J connectivity index is 1.72. The third-order valence-electron chi connectivity index (χ3n) is 3.91. The van der Waals surface area contributed by atoms with Gasteiger partial charge in [0.2, 0.25) is 0 Å². The summed E-state index contributed by atoms with van der Waals surface area (Å²) in [5.41, 5.74) is 1.54. The highest BCUT2D eigenvalue weighted by atomic mass is 16.6. The van der Waals surface area contributed by atoms with Crippen LogP contribution in [0.4, 0.5) is 0 Å². The van der Waals surface area contributed by atoms with E-state index in [-0.39, 0.29) is 30.2 Å². The number of oxazole rings is 1. The lowest BCUT2D eigenvalue weighted by Crippen LogP contribution is -2.18. The number of para-hydroxylation sites is 2. The fourth-order valence-electron chi connectivity index (χ4n) is 2.57. The summed E-state index contributed by atoms with van der Waals surface area (Å²) in [5.74, 6) is -0.672. The monoisotopic (exact) mass is 355 g/mol. The van der Waals surface area contributed by atoms with Gasteiger partial charge in [0.1, 0.15) is 0 Å². The van der Waals surface area contributed by atoms with Crippen molar-refractivity contribution < 1.29 is 23.5 Å². The van der Waals surface area contributed by atoms with Crippen LogP contribution in [0.15, 0.2) is 51.7 Å². The van der Waals surface area contributed by atoms with Gasteiger partial charge in [-0.15, -0.1) is 0 Å². The Morgan fingerprint density at radius 3 is 2.62 bits per heavy atom. The second kappa shape index (κ2) is 7.26. The number of ether oxygens (including phenoxy) is 2. The van der Waals surface area contributed by atoms with E-state index >= 15 is 0 Å². The summed E-state index contributed by atoms with van der Waals surface area (Å²) in [6.45, 7) is 1.57. The Hall–Kier alpha value is -3.35. The maximum absolute atomic E-state index is 12.2. The van der Waals surface area contributed by atoms with Crippen molar-refractivity contribution in [2.75, 3.05) is 7.11 Å². The molecule has 26 heavy (non-hydrogen) atoms. The number of nitrogens with zero attached hydrogens (tertiary/aromatic N) is 1. The minimum Gasteiger partial charge on any atom is -0.493 e. The van der Waals surface area contributed by atoms with E-state index in [0.717, 1.165) is 0 Å². The number of hydrogen-bond donors (Lipinski definition) is 0. The number of Topliss-reactive ketones (excluding diaryl/α,β-unsaturated/α-hetero) is 1. The average molecular weight is 355 g/mol. The number of fused-ring (bicyclic) bond motifs is 1. The van der Waals surface area contributed by atoms with Crippen molar-refractivity contribution in [3.8, 4) is 11.5 Å². The molecule has 0 aliphatic rings. The van der Waals surface area contributed by atoms with E-state index in [1.807, 2.05) is 0 Å². The van der Waals surface area contributed by atoms with Gasteiger partial charge in [0.25, 0.3) is 0 Å². The van der Waals surface area contributed by atoms with E-state index in [1.54, 1.807) is 30.3 Å². The normalized spacial score (nSPS) is 10.7. The molecule has 0 N–H and O–H groups in total. The predicted octanol–water partition coefficient (Wildman–Crippen LogP) is 2.80. The second-order valence-corrected chi connectivity index (χ2v) is 5.63. The summed E-state index contributed by atoms with van der Waals surface area (Å²) in [7, 11) is 1.42. The Labute approximate surface area is 148 Å². The number of aromatic nitrogens is 1. The van der Waals surface area contributed by atoms with Gasteiger partial charge in [-0.25, -0.2) is 4.79 Å². The molecule has 0 atom stereocenters. The minimum absolute atomic E-state index is 0.0267. The van der Waals surface area contributed by atoms with Crippen LogP contribution >= 0.6 is 0 Å². The second-order valence-electron chi connectivity index (χ2n) is 5.63. The summed E-state index contributed by atoms with van der Waals surface area (Å²) < 4.78 is 17.0. The van der Waals surface area contributed by atoms with E-state index in [1.165, 1.54) is 30.7 Å². The number of esters is 1. The zero-order valence-corrected chi connectivity index (χ0v) is 14.4. The lowest BCUT2D eigenvalue weighted by Gasteiger charge is -2.10. The van der Waals surface area contributed by atoms with Crippen LogP contribution in [-0.4, -0.2) is 23.4 Å². The van der Waals surface area contributed by atoms with Crippen LogP contribution in [-0.2, 0) is 11.3 Å². The molecule has 134 valence electrons. The molecule has 0 aliphatic carbocycles. The molecular weight excluding hydrogens is 338 g/mol. The van der Waals surface area contributed by atoms with Gasteiger partial charge in [-0.3, -0.25) is 14.2 Å². The molecule has 3 aromatic rings. The van der Waals surface area contributed by atoms with Gasteiger partial charge in [-0.05, 0) is 37.3 Å². The van der Waals surface area contributed by atoms with Crippen molar-refractivity contribution in [3.63, 3.8) is 0 Å². The van der Waals surface area contributed by atoms with Crippen LogP contribution in [0.3, 0.4) is 0 Å². The van der Waals surface area contributed by atoms with E-state index in [9.17, 15) is 14.4 Å². The largest absolute Gasteiger partial charge is 0.493 e. The van der Waals surface area contributed by atoms with Crippen molar-refractivity contribution in [2.45, 2.75) is 19.9 Å². The molecule has 0 saturated carbocycles. The van der Waals surface area contributed by atoms with E-state index < -0.39 is 11.7 Å². The van der Waals surface area contributed by atoms with Gasteiger partial charge >= 0.3 is 11.7 Å². The Morgan fingerprint density at radius 1 is 1.12 bits per heavy atom. The van der Waals surface area contributed by atoms with Crippen molar-refractivity contribution >= 4 is 22.9 Å². The topological polar surface area (TPSA) is 87.7 Å². The quantitative estimate of drug-likeness (QED) is 0.384. The Kier molecular flexibility index (Phi) is 4.88. The molecule has 0 fully saturated rings. The van der Waals surface area contributed by atoms with E-state index in [4.69, 9.17) is 13.9 Å². The SMILES string of the molecule is COc1cc(C(C)=O)ccc1OC(=O)CCn1c(=O)oc2ccccc21. The number of rotatable bonds is 6. The highest BCUT2D eigenvalue weighted by Crippen LogP contribution is 2.28. The molecule has 2 aromatic carbocycles. The van der Waals surface area contributed by atoms with Gasteiger partial charge in [0, 0.05) is 12.1 Å². The number of aryl methyl sites for hydroxylation is 1. The molecule has 1 aromatic heterocycles. The minimum atomic E-state index is -0.531. The maximum Gasteiger partial charge on any atom is 0.419 e. The third kappa shape index (κ3) is 3.51. The van der Waals surface area contributed by atoms with E-state index in [2.05, 4.69) is 0 Å². The summed E-state index contributed by atoms with van der Waals surface area (Å²) in [6, 6.07) is 11.6. The first-order chi connectivity index (χ1) is 12.5. The number of hydrogen-bond acceptors (Lipinski definition) is 6. The number of benzene rings is 2. The first-order valence-electron chi connectivity index (χ1n) is 7.97. The highest BCUT2D eigenvalue weighted by Gasteiger charge is 2.14. The molecule has 0 bridgehead atoms. The van der Waals surface area contributed by atoms with Crippen LogP contribution in [0.25, 0.3) is 11.1 Å². The molecule has 7 heteroatoms. The number of carbonyl (C=O) groups excluding carboxylic acids is 2. The van der Waals surface area contributed by atoms with Gasteiger partial charge in [-0.2, -0.15) is 0 Å². The zero-order chi connectivity index (χ0) is 18.7.